The van der Waals surface area contributed by atoms with Crippen LogP contribution < -0.4 is 25.6 Å². The minimum absolute atomic E-state index is 0.0363. The molecule has 9 nitrogen and oxygen atoms in total. The first-order valence-electron chi connectivity index (χ1n) is 13.4. The number of esters is 1. The smallest absolute Gasteiger partial charge is 0.327 e. The van der Waals surface area contributed by atoms with Crippen LogP contribution in [0.25, 0.3) is 11.1 Å². The van der Waals surface area contributed by atoms with Gasteiger partial charge in [0.2, 0.25) is 10.0 Å². The molecule has 4 aromatic rings. The Balaban J connectivity index is 1.57. The number of anilines is 2. The number of rotatable bonds is 11. The molecule has 0 spiro atoms. The van der Waals surface area contributed by atoms with E-state index in [0.717, 1.165) is 16.7 Å². The number of benzene rings is 3. The van der Waals surface area contributed by atoms with Crippen molar-refractivity contribution in [1.29, 1.82) is 0 Å². The summed E-state index contributed by atoms with van der Waals surface area (Å²) in [7, 11) is -2.84. The lowest BCUT2D eigenvalue weighted by Crippen LogP contribution is -2.54. The van der Waals surface area contributed by atoms with Gasteiger partial charge in [0.1, 0.15) is 11.2 Å². The average Bonchev–Trinajstić information content (AvgIpc) is 2.93. The lowest BCUT2D eigenvalue weighted by Gasteiger charge is -2.28. The molecule has 0 aliphatic rings. The van der Waals surface area contributed by atoms with E-state index in [1.165, 1.54) is 14.0 Å². The van der Waals surface area contributed by atoms with E-state index in [9.17, 15) is 22.8 Å². The quantitative estimate of drug-likeness (QED) is 0.194. The Morgan fingerprint density at radius 3 is 2.14 bits per heavy atom. The molecule has 4 rings (SSSR count). The molecule has 0 aliphatic heterocycles. The lowest BCUT2D eigenvalue weighted by atomic mass is 9.93. The van der Waals surface area contributed by atoms with Crippen LogP contribution in [0.1, 0.15) is 36.1 Å². The van der Waals surface area contributed by atoms with Crippen molar-refractivity contribution in [2.75, 3.05) is 19.0 Å². The average molecular weight is 591 g/mol. The van der Waals surface area contributed by atoms with Gasteiger partial charge < -0.3 is 14.8 Å². The molecular weight excluding hydrogens is 556 g/mol. The number of hydrogen-bond acceptors (Lipinski definition) is 8. The third-order valence-corrected chi connectivity index (χ3v) is 8.90. The van der Waals surface area contributed by atoms with Gasteiger partial charge in [0.15, 0.2) is 5.75 Å². The summed E-state index contributed by atoms with van der Waals surface area (Å²) in [6.45, 7) is 8.87. The highest BCUT2D eigenvalue weighted by Gasteiger charge is 2.40. The SMILES string of the molecule is CCOc1c(Nc2cccc(-c3ccc(C[C@](C)(NS(=O)(=O)c4c(C)cc(C)cc4C)C(=O)OC)cc3)c2)c(=O)c1=O. The number of ether oxygens (including phenoxy) is 2. The molecule has 42 heavy (non-hydrogen) atoms. The first-order chi connectivity index (χ1) is 19.8. The van der Waals surface area contributed by atoms with E-state index < -0.39 is 32.4 Å². The summed E-state index contributed by atoms with van der Waals surface area (Å²) >= 11 is 0. The topological polar surface area (TPSA) is 128 Å². The molecule has 0 bridgehead atoms. The Kier molecular flexibility index (Phi) is 8.70. The van der Waals surface area contributed by atoms with E-state index in [2.05, 4.69) is 10.0 Å². The van der Waals surface area contributed by atoms with E-state index in [-0.39, 0.29) is 29.4 Å². The summed E-state index contributed by atoms with van der Waals surface area (Å²) in [5.41, 5.74) is 2.44. The minimum atomic E-state index is -4.07. The Labute approximate surface area is 245 Å². The molecule has 0 unspecified atom stereocenters. The zero-order valence-electron chi connectivity index (χ0n) is 24.5. The minimum Gasteiger partial charge on any atom is -0.488 e. The fourth-order valence-corrected chi connectivity index (χ4v) is 7.04. The van der Waals surface area contributed by atoms with Gasteiger partial charge in [0, 0.05) is 12.1 Å². The normalized spacial score (nSPS) is 13.0. The van der Waals surface area contributed by atoms with Crippen LogP contribution in [0.2, 0.25) is 0 Å². The van der Waals surface area contributed by atoms with Crippen molar-refractivity contribution in [3.8, 4) is 16.9 Å². The molecule has 220 valence electrons. The van der Waals surface area contributed by atoms with E-state index in [1.54, 1.807) is 39.0 Å². The van der Waals surface area contributed by atoms with Crippen molar-refractivity contribution in [3.05, 3.63) is 103 Å². The fraction of sp³-hybridized carbons (Fsp3) is 0.281. The van der Waals surface area contributed by atoms with E-state index >= 15 is 0 Å². The number of nitrogens with one attached hydrogen (secondary N) is 2. The predicted octanol–water partition coefficient (Wildman–Crippen LogP) is 4.47. The van der Waals surface area contributed by atoms with Crippen molar-refractivity contribution in [3.63, 3.8) is 0 Å². The number of methoxy groups -OCH3 is 1. The van der Waals surface area contributed by atoms with Crippen molar-refractivity contribution < 1.29 is 22.7 Å². The second-order valence-corrected chi connectivity index (χ2v) is 12.2. The molecule has 0 radical (unpaired) electrons. The van der Waals surface area contributed by atoms with Crippen molar-refractivity contribution in [1.82, 2.24) is 4.72 Å². The van der Waals surface area contributed by atoms with Crippen molar-refractivity contribution in [2.45, 2.75) is 51.5 Å². The zero-order valence-corrected chi connectivity index (χ0v) is 25.3. The number of aryl methyl sites for hydroxylation is 3. The van der Waals surface area contributed by atoms with Crippen molar-refractivity contribution in [2.24, 2.45) is 0 Å². The molecular formula is C32H34N2O7S. The molecule has 0 heterocycles. The highest BCUT2D eigenvalue weighted by molar-refractivity contribution is 7.89. The van der Waals surface area contributed by atoms with Gasteiger partial charge in [0.05, 0.1) is 18.6 Å². The molecule has 0 fully saturated rings. The number of hydrogen-bond donors (Lipinski definition) is 2. The van der Waals surface area contributed by atoms with E-state index in [4.69, 9.17) is 9.47 Å². The Hall–Kier alpha value is -4.28. The maximum Gasteiger partial charge on any atom is 0.327 e. The molecule has 4 aromatic carbocycles. The second kappa shape index (κ2) is 11.9. The largest absolute Gasteiger partial charge is 0.488 e. The number of sulfonamides is 1. The highest BCUT2D eigenvalue weighted by Crippen LogP contribution is 2.29. The summed E-state index contributed by atoms with van der Waals surface area (Å²) < 4.78 is 39.9. The Morgan fingerprint density at radius 1 is 0.905 bits per heavy atom. The number of carbonyl (C=O) groups excluding carboxylic acids is 1. The summed E-state index contributed by atoms with van der Waals surface area (Å²) in [6.07, 6.45) is 0.0508. The maximum absolute atomic E-state index is 13.5. The number of carbonyl (C=O) groups is 1. The molecule has 0 amide bonds. The molecule has 0 aromatic heterocycles. The summed E-state index contributed by atoms with van der Waals surface area (Å²) in [4.78, 5) is 36.9. The van der Waals surface area contributed by atoms with Gasteiger partial charge in [0.25, 0.3) is 10.9 Å². The zero-order chi connectivity index (χ0) is 30.8. The van der Waals surface area contributed by atoms with Crippen LogP contribution in [0.4, 0.5) is 11.4 Å². The molecule has 0 saturated heterocycles. The van der Waals surface area contributed by atoms with Crippen LogP contribution in [0.3, 0.4) is 0 Å². The van der Waals surface area contributed by atoms with Gasteiger partial charge >= 0.3 is 5.97 Å². The van der Waals surface area contributed by atoms with Crippen LogP contribution in [-0.4, -0.2) is 33.6 Å². The standard InChI is InChI=1S/C32H34N2O7S/c1-7-41-29-26(27(35)28(29)36)33-25-10-8-9-24(17-25)23-13-11-22(12-14-23)18-32(5,31(37)40-6)34-42(38,39)30-20(3)15-19(2)16-21(30)4/h8-17,33-34H,7,18H2,1-6H3/t32-/m0/s1. The fourth-order valence-electron chi connectivity index (χ4n) is 5.22. The van der Waals surface area contributed by atoms with Crippen LogP contribution >= 0.6 is 0 Å². The molecule has 0 aliphatic carbocycles. The third-order valence-electron chi connectivity index (χ3n) is 7.00. The third kappa shape index (κ3) is 6.14. The van der Waals surface area contributed by atoms with Crippen LogP contribution in [0.15, 0.2) is 75.1 Å². The lowest BCUT2D eigenvalue weighted by molar-refractivity contribution is -0.147. The van der Waals surface area contributed by atoms with E-state index in [1.807, 2.05) is 49.4 Å². The first kappa shape index (κ1) is 30.7. The molecule has 10 heteroatoms. The summed E-state index contributed by atoms with van der Waals surface area (Å²) in [6, 6.07) is 18.2. The highest BCUT2D eigenvalue weighted by atomic mass is 32.2. The van der Waals surface area contributed by atoms with Crippen LogP contribution in [-0.2, 0) is 26.0 Å². The monoisotopic (exact) mass is 590 g/mol. The Bertz CT molecular complexity index is 1800. The second-order valence-electron chi connectivity index (χ2n) is 10.5. The summed E-state index contributed by atoms with van der Waals surface area (Å²) in [5, 5.41) is 2.98. The van der Waals surface area contributed by atoms with Crippen LogP contribution in [0, 0.1) is 20.8 Å². The van der Waals surface area contributed by atoms with Gasteiger partial charge in [-0.15, -0.1) is 0 Å². The van der Waals surface area contributed by atoms with E-state index in [0.29, 0.717) is 22.4 Å². The summed E-state index contributed by atoms with van der Waals surface area (Å²) in [5.74, 6) is -0.671. The van der Waals surface area contributed by atoms with Gasteiger partial charge in [-0.05, 0) is 74.6 Å². The molecule has 0 saturated carbocycles. The predicted molar refractivity (Wildman–Crippen MR) is 163 cm³/mol. The first-order valence-corrected chi connectivity index (χ1v) is 14.9. The van der Waals surface area contributed by atoms with Crippen LogP contribution in [0.5, 0.6) is 5.75 Å². The Morgan fingerprint density at radius 2 is 1.55 bits per heavy atom. The molecule has 2 N–H and O–H groups in total. The van der Waals surface area contributed by atoms with Gasteiger partial charge in [-0.2, -0.15) is 4.72 Å². The van der Waals surface area contributed by atoms with Crippen molar-refractivity contribution >= 4 is 27.4 Å². The van der Waals surface area contributed by atoms with Gasteiger partial charge in [-0.1, -0.05) is 54.1 Å². The maximum atomic E-state index is 13.5. The van der Waals surface area contributed by atoms with Gasteiger partial charge in [-0.3, -0.25) is 14.4 Å². The molecule has 1 atom stereocenters. The van der Waals surface area contributed by atoms with Gasteiger partial charge in [-0.25, -0.2) is 8.42 Å².